The molecule has 1 amide bonds. The molecule has 3 N–H and O–H groups in total. The second-order valence-electron chi connectivity index (χ2n) is 9.84. The number of aromatic nitrogens is 6. The first-order valence-electron chi connectivity index (χ1n) is 13.4. The fraction of sp³-hybridized carbons (Fsp3) is 0.161. The molecule has 0 spiro atoms. The van der Waals surface area contributed by atoms with Crippen molar-refractivity contribution in [2.75, 3.05) is 5.73 Å². The largest absolute Gasteiger partial charge is 0.434 e. The van der Waals surface area contributed by atoms with Crippen LogP contribution in [0.5, 0.6) is 0 Å². The number of carbonyl (C=O) groups excluding carboxylic acids is 1. The van der Waals surface area contributed by atoms with Crippen molar-refractivity contribution in [3.05, 3.63) is 106 Å². The minimum absolute atomic E-state index is 0.0306. The summed E-state index contributed by atoms with van der Waals surface area (Å²) in [4.78, 5) is 36.6. The number of amides is 1. The Balaban J connectivity index is 1.64. The number of hydrogen-bond acceptors (Lipinski definition) is 7. The number of carbonyl (C=O) groups is 1. The van der Waals surface area contributed by atoms with Gasteiger partial charge in [0.25, 0.3) is 11.5 Å². The van der Waals surface area contributed by atoms with E-state index in [2.05, 4.69) is 38.9 Å². The molecule has 45 heavy (non-hydrogen) atoms. The number of nitrogen functional groups attached to an aromatic ring is 1. The van der Waals surface area contributed by atoms with Gasteiger partial charge < -0.3 is 11.1 Å². The number of nitrogens with one attached hydrogen (secondary N) is 1. The Morgan fingerprint density at radius 2 is 1.80 bits per heavy atom. The summed E-state index contributed by atoms with van der Waals surface area (Å²) in [5, 5.41) is 10.7. The molecule has 5 rings (SSSR count). The molecule has 0 saturated heterocycles. The summed E-state index contributed by atoms with van der Waals surface area (Å²) in [6.07, 6.45) is -0.819. The van der Waals surface area contributed by atoms with E-state index in [1.807, 2.05) is 0 Å². The van der Waals surface area contributed by atoms with Crippen molar-refractivity contribution >= 4 is 34.7 Å². The zero-order valence-corrected chi connectivity index (χ0v) is 24.3. The first-order valence-corrected chi connectivity index (χ1v) is 13.4. The molecular weight excluding hydrogens is 587 g/mol. The number of anilines is 1. The van der Waals surface area contributed by atoms with E-state index in [1.165, 1.54) is 34.7 Å². The quantitative estimate of drug-likeness (QED) is 0.217. The third-order valence-corrected chi connectivity index (χ3v) is 6.79. The molecule has 2 aromatic carbocycles. The number of nitrogens with zero attached hydrogens (tertiary/aromatic N) is 7. The fourth-order valence-electron chi connectivity index (χ4n) is 4.83. The van der Waals surface area contributed by atoms with E-state index in [9.17, 15) is 22.8 Å². The van der Waals surface area contributed by atoms with Crippen LogP contribution in [0.1, 0.15) is 46.0 Å². The first-order chi connectivity index (χ1) is 21.4. The summed E-state index contributed by atoms with van der Waals surface area (Å²) in [6.45, 7) is 5.23. The Hall–Kier alpha value is -5.97. The number of halogens is 3. The lowest BCUT2D eigenvalue weighted by Gasteiger charge is -2.20. The normalized spacial score (nSPS) is 12.2. The van der Waals surface area contributed by atoms with E-state index in [4.69, 9.17) is 10.7 Å². The van der Waals surface area contributed by atoms with E-state index >= 15 is 0 Å². The van der Waals surface area contributed by atoms with E-state index in [-0.39, 0.29) is 45.1 Å². The van der Waals surface area contributed by atoms with E-state index < -0.39 is 29.4 Å². The van der Waals surface area contributed by atoms with Gasteiger partial charge in [-0.1, -0.05) is 48.8 Å². The molecule has 3 heterocycles. The maximum Gasteiger partial charge on any atom is 0.434 e. The van der Waals surface area contributed by atoms with Crippen LogP contribution in [0.2, 0.25) is 0 Å². The van der Waals surface area contributed by atoms with Gasteiger partial charge in [0, 0.05) is 25.9 Å². The molecule has 0 aliphatic rings. The molecule has 0 aliphatic heterocycles. The summed E-state index contributed by atoms with van der Waals surface area (Å²) >= 11 is 0. The number of allylic oxidation sites excluding steroid dienone is 1. The number of hydrogen-bond donors (Lipinski definition) is 2. The number of aliphatic imine (C=N–C) groups is 1. The van der Waals surface area contributed by atoms with Crippen LogP contribution in [0.3, 0.4) is 0 Å². The van der Waals surface area contributed by atoms with Crippen molar-refractivity contribution in [1.82, 2.24) is 34.4 Å². The van der Waals surface area contributed by atoms with Gasteiger partial charge in [-0.25, -0.2) is 14.7 Å². The van der Waals surface area contributed by atoms with Crippen LogP contribution in [-0.2, 0) is 20.3 Å². The molecular formula is C31H26F3N9O2. The van der Waals surface area contributed by atoms with Gasteiger partial charge >= 0.3 is 6.18 Å². The van der Waals surface area contributed by atoms with Gasteiger partial charge in [0.2, 0.25) is 0 Å². The molecule has 0 aliphatic carbocycles. The van der Waals surface area contributed by atoms with Crippen LogP contribution in [0, 0.1) is 11.8 Å². The first kappa shape index (κ1) is 30.5. The van der Waals surface area contributed by atoms with Crippen molar-refractivity contribution in [3.63, 3.8) is 0 Å². The summed E-state index contributed by atoms with van der Waals surface area (Å²) in [5.41, 5.74) is 5.03. The zero-order valence-electron chi connectivity index (χ0n) is 24.3. The van der Waals surface area contributed by atoms with E-state index in [0.29, 0.717) is 10.4 Å². The third kappa shape index (κ3) is 5.83. The molecule has 5 aromatic rings. The highest BCUT2D eigenvalue weighted by molar-refractivity contribution is 6.03. The van der Waals surface area contributed by atoms with Crippen molar-refractivity contribution in [3.8, 4) is 17.5 Å². The number of aryl methyl sites for hydroxylation is 2. The Morgan fingerprint density at radius 3 is 2.49 bits per heavy atom. The van der Waals surface area contributed by atoms with Crippen molar-refractivity contribution < 1.29 is 18.0 Å². The summed E-state index contributed by atoms with van der Waals surface area (Å²) in [7, 11) is 2.76. The van der Waals surface area contributed by atoms with Gasteiger partial charge in [-0.15, -0.1) is 0 Å². The van der Waals surface area contributed by atoms with Crippen LogP contribution in [-0.4, -0.2) is 41.2 Å². The minimum atomic E-state index is -4.68. The van der Waals surface area contributed by atoms with Gasteiger partial charge in [0.05, 0.1) is 34.4 Å². The van der Waals surface area contributed by atoms with Crippen molar-refractivity contribution in [2.24, 2.45) is 19.1 Å². The topological polar surface area (TPSA) is 138 Å². The average molecular weight is 614 g/mol. The number of nitrogens with two attached hydrogens (primary N) is 1. The Morgan fingerprint density at radius 1 is 1.09 bits per heavy atom. The lowest BCUT2D eigenvalue weighted by Crippen LogP contribution is -2.33. The molecule has 0 bridgehead atoms. The number of fused-ring (bicyclic) bond motifs is 1. The predicted octanol–water partition coefficient (Wildman–Crippen LogP) is 4.23. The maximum atomic E-state index is 14.2. The third-order valence-electron chi connectivity index (χ3n) is 6.79. The molecule has 3 aromatic heterocycles. The lowest BCUT2D eigenvalue weighted by atomic mass is 10.1. The Labute approximate surface area is 254 Å². The molecule has 228 valence electrons. The maximum absolute atomic E-state index is 14.2. The van der Waals surface area contributed by atoms with E-state index in [0.717, 1.165) is 6.20 Å². The number of alkyl halides is 3. The second kappa shape index (κ2) is 12.0. The van der Waals surface area contributed by atoms with Gasteiger partial charge in [-0.05, 0) is 31.2 Å². The zero-order chi connectivity index (χ0) is 32.5. The molecule has 0 radical (unpaired) electrons. The molecule has 1 atom stereocenters. The highest BCUT2D eigenvalue weighted by Crippen LogP contribution is 2.31. The summed E-state index contributed by atoms with van der Waals surface area (Å²) < 4.78 is 44.2. The SMILES string of the molecule is C=C/C=N\c1c(C(=O)NC(C)c2nc3cccc(C#Cc4cnn(C)c4C(F)(F)F)c3c(=O)n2-c2ccccc2)c(N)nn1C. The van der Waals surface area contributed by atoms with Crippen LogP contribution < -0.4 is 16.6 Å². The van der Waals surface area contributed by atoms with Crippen molar-refractivity contribution in [2.45, 2.75) is 19.1 Å². The molecule has 0 fully saturated rings. The predicted molar refractivity (Wildman–Crippen MR) is 163 cm³/mol. The van der Waals surface area contributed by atoms with E-state index in [1.54, 1.807) is 56.4 Å². The Bertz CT molecular complexity index is 2100. The molecule has 11 nitrogen and oxygen atoms in total. The van der Waals surface area contributed by atoms with Gasteiger partial charge in [0.1, 0.15) is 11.4 Å². The Kier molecular flexibility index (Phi) is 8.10. The van der Waals surface area contributed by atoms with Crippen molar-refractivity contribution in [1.29, 1.82) is 0 Å². The summed E-state index contributed by atoms with van der Waals surface area (Å²) in [5.74, 6) is 4.97. The average Bonchev–Trinajstić information content (AvgIpc) is 3.52. The highest BCUT2D eigenvalue weighted by atomic mass is 19.4. The second-order valence-corrected chi connectivity index (χ2v) is 9.84. The number of benzene rings is 2. The molecule has 1 unspecified atom stereocenters. The monoisotopic (exact) mass is 613 g/mol. The standard InChI is InChI=1S/C31H26F3N9O2/c1-5-16-36-28-24(26(35)40-42(28)4)29(44)38-18(2)27-39-22-13-9-10-19(14-15-20-17-37-41(3)25(20)31(32,33)34)23(22)30(45)43(27)21-11-7-6-8-12-21/h5-13,16-18H,1H2,2-4H3,(H2,35,40)(H,38,44)/b36-16-. The van der Waals surface area contributed by atoms with Crippen LogP contribution >= 0.6 is 0 Å². The van der Waals surface area contributed by atoms with Gasteiger partial charge in [-0.2, -0.15) is 23.4 Å². The fourth-order valence-corrected chi connectivity index (χ4v) is 4.83. The van der Waals surface area contributed by atoms with Gasteiger partial charge in [0.15, 0.2) is 17.3 Å². The molecule has 14 heteroatoms. The smallest absolute Gasteiger partial charge is 0.381 e. The van der Waals surface area contributed by atoms with Crippen LogP contribution in [0.4, 0.5) is 24.8 Å². The lowest BCUT2D eigenvalue weighted by molar-refractivity contribution is -0.143. The van der Waals surface area contributed by atoms with Gasteiger partial charge in [-0.3, -0.25) is 18.8 Å². The molecule has 0 saturated carbocycles. The van der Waals surface area contributed by atoms with Crippen LogP contribution in [0.25, 0.3) is 16.6 Å². The minimum Gasteiger partial charge on any atom is -0.381 e. The van der Waals surface area contributed by atoms with Crippen LogP contribution in [0.15, 0.2) is 77.2 Å². The highest BCUT2D eigenvalue weighted by Gasteiger charge is 2.37. The number of para-hydroxylation sites is 1. The number of rotatable bonds is 6. The summed E-state index contributed by atoms with van der Waals surface area (Å²) in [6, 6.07) is 12.5.